The first-order chi connectivity index (χ1) is 8.08. The Morgan fingerprint density at radius 2 is 2.35 bits per heavy atom. The predicted octanol–water partition coefficient (Wildman–Crippen LogP) is 2.42. The zero-order valence-electron chi connectivity index (χ0n) is 9.47. The van der Waals surface area contributed by atoms with E-state index < -0.39 is 5.82 Å². The fraction of sp³-hybridized carbons (Fsp3) is 0.417. The smallest absolute Gasteiger partial charge is 0.229 e. The first-order valence-electron chi connectivity index (χ1n) is 5.57. The molecule has 1 amide bonds. The normalized spacial score (nSPS) is 23.7. The highest BCUT2D eigenvalue weighted by atomic mass is 35.5. The van der Waals surface area contributed by atoms with E-state index in [1.807, 2.05) is 6.92 Å². The van der Waals surface area contributed by atoms with Crippen LogP contribution < -0.4 is 10.6 Å². The van der Waals surface area contributed by atoms with Crippen LogP contribution in [-0.4, -0.2) is 18.5 Å². The highest BCUT2D eigenvalue weighted by Crippen LogP contribution is 2.22. The quantitative estimate of drug-likeness (QED) is 0.853. The molecule has 1 aliphatic rings. The summed E-state index contributed by atoms with van der Waals surface area (Å²) in [4.78, 5) is 11.9. The topological polar surface area (TPSA) is 41.1 Å². The summed E-state index contributed by atoms with van der Waals surface area (Å²) in [6.45, 7) is 2.83. The lowest BCUT2D eigenvalue weighted by molar-refractivity contribution is -0.119. The molecule has 0 bridgehead atoms. The maximum atomic E-state index is 12.9. The van der Waals surface area contributed by atoms with Crippen LogP contribution in [0.25, 0.3) is 0 Å². The van der Waals surface area contributed by atoms with Crippen molar-refractivity contribution >= 4 is 23.2 Å². The van der Waals surface area contributed by atoms with Gasteiger partial charge >= 0.3 is 0 Å². The highest BCUT2D eigenvalue weighted by Gasteiger charge is 2.29. The van der Waals surface area contributed by atoms with Gasteiger partial charge in [0.15, 0.2) is 0 Å². The molecular weight excluding hydrogens is 243 g/mol. The first-order valence-corrected chi connectivity index (χ1v) is 5.95. The van der Waals surface area contributed by atoms with Crippen molar-refractivity contribution in [3.63, 3.8) is 0 Å². The number of rotatable bonds is 2. The van der Waals surface area contributed by atoms with Crippen molar-refractivity contribution in [1.29, 1.82) is 0 Å². The molecule has 3 nitrogen and oxygen atoms in total. The zero-order chi connectivity index (χ0) is 12.4. The number of carbonyl (C=O) groups excluding carboxylic acids is 1. The molecule has 0 spiro atoms. The van der Waals surface area contributed by atoms with Crippen LogP contribution in [0.15, 0.2) is 18.2 Å². The van der Waals surface area contributed by atoms with Crippen LogP contribution in [0, 0.1) is 11.7 Å². The number of amides is 1. The average Bonchev–Trinajstić information content (AvgIpc) is 2.70. The number of benzene rings is 1. The Hall–Kier alpha value is -1.13. The molecule has 1 saturated heterocycles. The molecule has 92 valence electrons. The van der Waals surface area contributed by atoms with Gasteiger partial charge in [-0.3, -0.25) is 4.79 Å². The molecule has 0 saturated carbocycles. The molecule has 1 aliphatic heterocycles. The third kappa shape index (κ3) is 2.76. The van der Waals surface area contributed by atoms with Crippen LogP contribution in [0.1, 0.15) is 13.3 Å². The van der Waals surface area contributed by atoms with Gasteiger partial charge in [0.05, 0.1) is 10.9 Å². The first kappa shape index (κ1) is 12.3. The van der Waals surface area contributed by atoms with Crippen LogP contribution in [0.3, 0.4) is 0 Å². The monoisotopic (exact) mass is 256 g/mol. The second-order valence-corrected chi connectivity index (χ2v) is 4.66. The Balaban J connectivity index is 2.05. The summed E-state index contributed by atoms with van der Waals surface area (Å²) in [5.74, 6) is -0.579. The number of hydrogen-bond donors (Lipinski definition) is 2. The third-order valence-corrected chi connectivity index (χ3v) is 3.34. The summed E-state index contributed by atoms with van der Waals surface area (Å²) in [5.41, 5.74) is 0.528. The molecule has 2 N–H and O–H groups in total. The Labute approximate surface area is 104 Å². The van der Waals surface area contributed by atoms with Crippen LogP contribution in [0.4, 0.5) is 10.1 Å². The maximum absolute atomic E-state index is 12.9. The largest absolute Gasteiger partial charge is 0.326 e. The Kier molecular flexibility index (Phi) is 3.64. The summed E-state index contributed by atoms with van der Waals surface area (Å²) in [6.07, 6.45) is 0.821. The lowest BCUT2D eigenvalue weighted by Crippen LogP contribution is -2.32. The average molecular weight is 257 g/mol. The van der Waals surface area contributed by atoms with Crippen LogP contribution in [-0.2, 0) is 4.79 Å². The van der Waals surface area contributed by atoms with Crippen molar-refractivity contribution in [2.45, 2.75) is 19.4 Å². The van der Waals surface area contributed by atoms with Crippen molar-refractivity contribution in [2.24, 2.45) is 5.92 Å². The minimum atomic E-state index is -0.486. The predicted molar refractivity (Wildman–Crippen MR) is 65.6 cm³/mol. The minimum absolute atomic E-state index is 0.0143. The molecule has 1 fully saturated rings. The zero-order valence-corrected chi connectivity index (χ0v) is 10.2. The van der Waals surface area contributed by atoms with Gasteiger partial charge in [-0.15, -0.1) is 0 Å². The summed E-state index contributed by atoms with van der Waals surface area (Å²) >= 11 is 5.65. The second kappa shape index (κ2) is 5.02. The second-order valence-electron chi connectivity index (χ2n) is 4.26. The van der Waals surface area contributed by atoms with Gasteiger partial charge in [0.25, 0.3) is 0 Å². The van der Waals surface area contributed by atoms with Gasteiger partial charge in [-0.1, -0.05) is 11.6 Å². The van der Waals surface area contributed by atoms with Crippen molar-refractivity contribution in [2.75, 3.05) is 11.9 Å². The summed E-state index contributed by atoms with van der Waals surface area (Å²) in [6, 6.07) is 4.34. The summed E-state index contributed by atoms with van der Waals surface area (Å²) < 4.78 is 12.9. The van der Waals surface area contributed by atoms with Gasteiger partial charge in [0, 0.05) is 11.7 Å². The van der Waals surface area contributed by atoms with Gasteiger partial charge in [-0.25, -0.2) is 4.39 Å². The molecule has 2 unspecified atom stereocenters. The van der Waals surface area contributed by atoms with Gasteiger partial charge < -0.3 is 10.6 Å². The van der Waals surface area contributed by atoms with E-state index in [4.69, 9.17) is 11.6 Å². The summed E-state index contributed by atoms with van der Waals surface area (Å²) in [5, 5.41) is 5.98. The van der Waals surface area contributed by atoms with E-state index in [9.17, 15) is 9.18 Å². The van der Waals surface area contributed by atoms with Crippen molar-refractivity contribution in [3.05, 3.63) is 29.0 Å². The van der Waals surface area contributed by atoms with E-state index in [1.165, 1.54) is 18.2 Å². The van der Waals surface area contributed by atoms with Crippen molar-refractivity contribution in [3.8, 4) is 0 Å². The van der Waals surface area contributed by atoms with E-state index in [2.05, 4.69) is 10.6 Å². The Bertz CT molecular complexity index is 439. The SMILES string of the molecule is CC1NCCC1C(=O)Nc1ccc(F)c(Cl)c1. The fourth-order valence-electron chi connectivity index (χ4n) is 2.03. The molecule has 1 aromatic rings. The number of anilines is 1. The molecule has 0 radical (unpaired) electrons. The molecule has 17 heavy (non-hydrogen) atoms. The standard InChI is InChI=1S/C12H14ClFN2O/c1-7-9(4-5-15-7)12(17)16-8-2-3-11(14)10(13)6-8/h2-3,6-7,9,15H,4-5H2,1H3,(H,16,17). The molecular formula is C12H14ClFN2O. The Morgan fingerprint density at radius 3 is 2.94 bits per heavy atom. The van der Waals surface area contributed by atoms with Crippen LogP contribution in [0.2, 0.25) is 5.02 Å². The molecule has 5 heteroatoms. The molecule has 0 aromatic heterocycles. The van der Waals surface area contributed by atoms with E-state index in [0.29, 0.717) is 5.69 Å². The molecule has 2 rings (SSSR count). The van der Waals surface area contributed by atoms with E-state index in [0.717, 1.165) is 13.0 Å². The number of nitrogens with one attached hydrogen (secondary N) is 2. The van der Waals surface area contributed by atoms with Crippen LogP contribution in [0.5, 0.6) is 0 Å². The molecule has 2 atom stereocenters. The van der Waals surface area contributed by atoms with E-state index >= 15 is 0 Å². The third-order valence-electron chi connectivity index (χ3n) is 3.05. The van der Waals surface area contributed by atoms with Gasteiger partial charge in [0.1, 0.15) is 5.82 Å². The molecule has 0 aliphatic carbocycles. The van der Waals surface area contributed by atoms with Crippen molar-refractivity contribution < 1.29 is 9.18 Å². The summed E-state index contributed by atoms with van der Waals surface area (Å²) in [7, 11) is 0. The number of carbonyl (C=O) groups is 1. The number of hydrogen-bond acceptors (Lipinski definition) is 2. The fourth-order valence-corrected chi connectivity index (χ4v) is 2.21. The lowest BCUT2D eigenvalue weighted by Gasteiger charge is -2.15. The number of halogens is 2. The van der Waals surface area contributed by atoms with E-state index in [-0.39, 0.29) is 22.9 Å². The maximum Gasteiger partial charge on any atom is 0.229 e. The van der Waals surface area contributed by atoms with Gasteiger partial charge in [0.2, 0.25) is 5.91 Å². The molecule has 1 heterocycles. The minimum Gasteiger partial charge on any atom is -0.326 e. The van der Waals surface area contributed by atoms with Crippen LogP contribution >= 0.6 is 11.6 Å². The molecule has 1 aromatic carbocycles. The van der Waals surface area contributed by atoms with Gasteiger partial charge in [-0.2, -0.15) is 0 Å². The van der Waals surface area contributed by atoms with E-state index in [1.54, 1.807) is 0 Å². The Morgan fingerprint density at radius 1 is 1.59 bits per heavy atom. The van der Waals surface area contributed by atoms with Gasteiger partial charge in [-0.05, 0) is 38.1 Å². The van der Waals surface area contributed by atoms with Crippen molar-refractivity contribution in [1.82, 2.24) is 5.32 Å². The highest BCUT2D eigenvalue weighted by molar-refractivity contribution is 6.31. The lowest BCUT2D eigenvalue weighted by atomic mass is 10.0.